The highest BCUT2D eigenvalue weighted by atomic mass is 35.5. The van der Waals surface area contributed by atoms with Crippen molar-refractivity contribution >= 4 is 35.0 Å². The SMILES string of the molecule is Cc1ccc(NC(=O)CC2C(=O)NNC2=O)cc1Cl. The van der Waals surface area contributed by atoms with Crippen LogP contribution < -0.4 is 16.2 Å². The van der Waals surface area contributed by atoms with Gasteiger partial charge in [0.1, 0.15) is 5.92 Å². The van der Waals surface area contributed by atoms with Crippen LogP contribution in [0.3, 0.4) is 0 Å². The minimum Gasteiger partial charge on any atom is -0.326 e. The zero-order valence-corrected chi connectivity index (χ0v) is 10.9. The Hall–Kier alpha value is -2.08. The molecule has 0 unspecified atom stereocenters. The van der Waals surface area contributed by atoms with E-state index >= 15 is 0 Å². The first kappa shape index (κ1) is 13.4. The van der Waals surface area contributed by atoms with E-state index in [0.29, 0.717) is 10.7 Å². The van der Waals surface area contributed by atoms with E-state index in [1.807, 2.05) is 6.92 Å². The van der Waals surface area contributed by atoms with Crippen LogP contribution in [-0.2, 0) is 14.4 Å². The zero-order valence-electron chi connectivity index (χ0n) is 10.1. The van der Waals surface area contributed by atoms with Crippen LogP contribution in [0.2, 0.25) is 5.02 Å². The summed E-state index contributed by atoms with van der Waals surface area (Å²) in [7, 11) is 0. The summed E-state index contributed by atoms with van der Waals surface area (Å²) in [4.78, 5) is 34.3. The number of anilines is 1. The second kappa shape index (κ2) is 5.27. The van der Waals surface area contributed by atoms with Gasteiger partial charge in [-0.2, -0.15) is 0 Å². The van der Waals surface area contributed by atoms with Gasteiger partial charge in [-0.3, -0.25) is 25.2 Å². The number of amides is 3. The molecule has 2 rings (SSSR count). The lowest BCUT2D eigenvalue weighted by Crippen LogP contribution is -2.28. The Morgan fingerprint density at radius 1 is 1.32 bits per heavy atom. The fourth-order valence-corrected chi connectivity index (χ4v) is 1.85. The maximum Gasteiger partial charge on any atom is 0.251 e. The van der Waals surface area contributed by atoms with Gasteiger partial charge in [0, 0.05) is 17.1 Å². The third-order valence-electron chi connectivity index (χ3n) is 2.79. The third-order valence-corrected chi connectivity index (χ3v) is 3.19. The number of benzene rings is 1. The first-order valence-electron chi connectivity index (χ1n) is 5.63. The average Bonchev–Trinajstić information content (AvgIpc) is 2.66. The first-order chi connectivity index (χ1) is 8.97. The molecule has 100 valence electrons. The van der Waals surface area contributed by atoms with Crippen molar-refractivity contribution in [3.63, 3.8) is 0 Å². The molecule has 19 heavy (non-hydrogen) atoms. The predicted molar refractivity (Wildman–Crippen MR) is 69.2 cm³/mol. The number of halogens is 1. The Balaban J connectivity index is 1.99. The van der Waals surface area contributed by atoms with Gasteiger partial charge < -0.3 is 5.32 Å². The number of rotatable bonds is 3. The van der Waals surface area contributed by atoms with Crippen LogP contribution >= 0.6 is 11.6 Å². The van der Waals surface area contributed by atoms with Crippen molar-refractivity contribution in [3.05, 3.63) is 28.8 Å². The second-order valence-electron chi connectivity index (χ2n) is 4.25. The summed E-state index contributed by atoms with van der Waals surface area (Å²) < 4.78 is 0. The van der Waals surface area contributed by atoms with Gasteiger partial charge in [0.2, 0.25) is 5.91 Å². The predicted octanol–water partition coefficient (Wildman–Crippen LogP) is 0.754. The van der Waals surface area contributed by atoms with Gasteiger partial charge in [-0.15, -0.1) is 0 Å². The molecule has 0 atom stereocenters. The molecule has 0 aromatic heterocycles. The Labute approximate surface area is 114 Å². The molecule has 3 amide bonds. The van der Waals surface area contributed by atoms with E-state index < -0.39 is 23.6 Å². The fraction of sp³-hybridized carbons (Fsp3) is 0.250. The normalized spacial score (nSPS) is 15.1. The molecule has 1 aromatic rings. The number of hydrogen-bond donors (Lipinski definition) is 3. The highest BCUT2D eigenvalue weighted by Crippen LogP contribution is 2.20. The molecule has 1 fully saturated rings. The van der Waals surface area contributed by atoms with Gasteiger partial charge in [0.05, 0.1) is 0 Å². The van der Waals surface area contributed by atoms with Crippen LogP contribution in [-0.4, -0.2) is 17.7 Å². The maximum atomic E-state index is 11.7. The molecule has 1 aromatic carbocycles. The molecule has 0 bridgehead atoms. The van der Waals surface area contributed by atoms with Crippen LogP contribution in [0.15, 0.2) is 18.2 Å². The van der Waals surface area contributed by atoms with Crippen molar-refractivity contribution in [1.82, 2.24) is 10.9 Å². The van der Waals surface area contributed by atoms with Gasteiger partial charge in [0.25, 0.3) is 11.8 Å². The second-order valence-corrected chi connectivity index (χ2v) is 4.65. The standard InChI is InChI=1S/C12H12ClN3O3/c1-6-2-3-7(4-9(6)13)14-10(17)5-8-11(18)15-16-12(8)19/h2-4,8H,5H2,1H3,(H,14,17)(H,15,18)(H,16,19). The van der Waals surface area contributed by atoms with Gasteiger partial charge in [-0.25, -0.2) is 0 Å². The summed E-state index contributed by atoms with van der Waals surface area (Å²) in [6.07, 6.45) is -0.205. The molecule has 3 N–H and O–H groups in total. The molecule has 0 spiro atoms. The molecule has 7 heteroatoms. The van der Waals surface area contributed by atoms with Crippen LogP contribution in [0.5, 0.6) is 0 Å². The minimum atomic E-state index is -0.985. The van der Waals surface area contributed by atoms with E-state index in [9.17, 15) is 14.4 Å². The zero-order chi connectivity index (χ0) is 14.0. The highest BCUT2D eigenvalue weighted by Gasteiger charge is 2.34. The van der Waals surface area contributed by atoms with Crippen LogP contribution in [0.1, 0.15) is 12.0 Å². The van der Waals surface area contributed by atoms with Crippen molar-refractivity contribution in [2.24, 2.45) is 5.92 Å². The van der Waals surface area contributed by atoms with Crippen molar-refractivity contribution in [3.8, 4) is 0 Å². The molecule has 0 saturated carbocycles. The minimum absolute atomic E-state index is 0.205. The fourth-order valence-electron chi connectivity index (χ4n) is 1.67. The topological polar surface area (TPSA) is 87.3 Å². The highest BCUT2D eigenvalue weighted by molar-refractivity contribution is 6.31. The van der Waals surface area contributed by atoms with E-state index in [0.717, 1.165) is 5.56 Å². The van der Waals surface area contributed by atoms with E-state index in [1.54, 1.807) is 18.2 Å². The average molecular weight is 282 g/mol. The molecule has 0 radical (unpaired) electrons. The molecule has 1 aliphatic heterocycles. The lowest BCUT2D eigenvalue weighted by molar-refractivity contribution is -0.131. The largest absolute Gasteiger partial charge is 0.326 e. The molecule has 1 saturated heterocycles. The Kier molecular flexibility index (Phi) is 3.71. The first-order valence-corrected chi connectivity index (χ1v) is 6.01. The quantitative estimate of drug-likeness (QED) is 0.715. The van der Waals surface area contributed by atoms with Gasteiger partial charge in [0.15, 0.2) is 0 Å². The summed E-state index contributed by atoms with van der Waals surface area (Å²) >= 11 is 5.93. The van der Waals surface area contributed by atoms with E-state index in [4.69, 9.17) is 11.6 Å². The summed E-state index contributed by atoms with van der Waals surface area (Å²) in [6.45, 7) is 1.85. The molecular formula is C12H12ClN3O3. The van der Waals surface area contributed by atoms with E-state index in [2.05, 4.69) is 16.2 Å². The van der Waals surface area contributed by atoms with Crippen LogP contribution in [0.25, 0.3) is 0 Å². The molecular weight excluding hydrogens is 270 g/mol. The number of carbonyl (C=O) groups excluding carboxylic acids is 3. The van der Waals surface area contributed by atoms with Crippen LogP contribution in [0, 0.1) is 12.8 Å². The number of nitrogens with one attached hydrogen (secondary N) is 3. The number of aryl methyl sites for hydroxylation is 1. The Morgan fingerprint density at radius 3 is 2.53 bits per heavy atom. The monoisotopic (exact) mass is 281 g/mol. The van der Waals surface area contributed by atoms with Gasteiger partial charge in [-0.05, 0) is 24.6 Å². The maximum absolute atomic E-state index is 11.7. The number of hydrogen-bond acceptors (Lipinski definition) is 3. The van der Waals surface area contributed by atoms with Crippen molar-refractivity contribution in [2.45, 2.75) is 13.3 Å². The van der Waals surface area contributed by atoms with Crippen LogP contribution in [0.4, 0.5) is 5.69 Å². The summed E-state index contributed by atoms with van der Waals surface area (Å²) in [5.41, 5.74) is 5.76. The smallest absolute Gasteiger partial charge is 0.251 e. The van der Waals surface area contributed by atoms with Crippen molar-refractivity contribution in [1.29, 1.82) is 0 Å². The van der Waals surface area contributed by atoms with E-state index in [-0.39, 0.29) is 6.42 Å². The number of carbonyl (C=O) groups is 3. The molecule has 6 nitrogen and oxygen atoms in total. The van der Waals surface area contributed by atoms with E-state index in [1.165, 1.54) is 0 Å². The number of hydrazine groups is 1. The van der Waals surface area contributed by atoms with Crippen molar-refractivity contribution < 1.29 is 14.4 Å². The Morgan fingerprint density at radius 2 is 1.95 bits per heavy atom. The third kappa shape index (κ3) is 3.03. The molecule has 0 aliphatic carbocycles. The summed E-state index contributed by atoms with van der Waals surface area (Å²) in [5, 5.41) is 3.13. The molecule has 1 heterocycles. The summed E-state index contributed by atoms with van der Waals surface area (Å²) in [6, 6.07) is 5.09. The summed E-state index contributed by atoms with van der Waals surface area (Å²) in [5.74, 6) is -2.40. The lowest BCUT2D eigenvalue weighted by Gasteiger charge is -2.08. The van der Waals surface area contributed by atoms with Gasteiger partial charge in [-0.1, -0.05) is 17.7 Å². The lowest BCUT2D eigenvalue weighted by atomic mass is 10.1. The van der Waals surface area contributed by atoms with Gasteiger partial charge >= 0.3 is 0 Å². The van der Waals surface area contributed by atoms with Crippen molar-refractivity contribution in [2.75, 3.05) is 5.32 Å². The Bertz CT molecular complexity index is 543. The molecule has 1 aliphatic rings.